The summed E-state index contributed by atoms with van der Waals surface area (Å²) in [7, 11) is 3.27. The number of anilines is 2. The van der Waals surface area contributed by atoms with Gasteiger partial charge in [0.2, 0.25) is 0 Å². The first-order chi connectivity index (χ1) is 8.17. The molecule has 96 valence electrons. The summed E-state index contributed by atoms with van der Waals surface area (Å²) in [6, 6.07) is 4.50. The smallest absolute Gasteiger partial charge is 0.127 e. The van der Waals surface area contributed by atoms with Crippen LogP contribution in [0.1, 0.15) is 0 Å². The zero-order valence-electron chi connectivity index (χ0n) is 10.3. The number of halogens is 1. The summed E-state index contributed by atoms with van der Waals surface area (Å²) in [4.78, 5) is 1.98. The van der Waals surface area contributed by atoms with E-state index in [4.69, 9.17) is 15.2 Å². The summed E-state index contributed by atoms with van der Waals surface area (Å²) in [5, 5.41) is 0. The monoisotopic (exact) mass is 242 g/mol. The Hall–Kier alpha value is -1.33. The zero-order chi connectivity index (χ0) is 12.7. The van der Waals surface area contributed by atoms with Crippen molar-refractivity contribution in [3.63, 3.8) is 0 Å². The molecule has 0 unspecified atom stereocenters. The first-order valence-corrected chi connectivity index (χ1v) is 5.46. The molecule has 0 aliphatic heterocycles. The number of hydrogen-bond donors (Lipinski definition) is 1. The molecule has 0 saturated carbocycles. The van der Waals surface area contributed by atoms with Crippen molar-refractivity contribution in [2.45, 2.75) is 0 Å². The molecule has 5 heteroatoms. The van der Waals surface area contributed by atoms with Crippen LogP contribution in [0.4, 0.5) is 15.8 Å². The topological polar surface area (TPSA) is 47.7 Å². The summed E-state index contributed by atoms with van der Waals surface area (Å²) < 4.78 is 23.3. The molecule has 0 heterocycles. The van der Waals surface area contributed by atoms with Gasteiger partial charge >= 0.3 is 0 Å². The Bertz CT molecular complexity index is 319. The van der Waals surface area contributed by atoms with Crippen LogP contribution in [0.5, 0.6) is 0 Å². The normalized spacial score (nSPS) is 10.5. The lowest BCUT2D eigenvalue weighted by atomic mass is 10.2. The maximum atomic E-state index is 13.3. The van der Waals surface area contributed by atoms with Crippen LogP contribution in [0.15, 0.2) is 18.2 Å². The Labute approximate surface area is 101 Å². The summed E-state index contributed by atoms with van der Waals surface area (Å²) in [5.41, 5.74) is 6.79. The van der Waals surface area contributed by atoms with E-state index >= 15 is 0 Å². The van der Waals surface area contributed by atoms with Crippen molar-refractivity contribution in [2.24, 2.45) is 0 Å². The standard InChI is InChI=1S/C12H19FN2O2/c1-16-5-3-15(4-6-17-2)12-8-10(13)7-11(14)9-12/h7-9H,3-6,14H2,1-2H3. The van der Waals surface area contributed by atoms with Crippen molar-refractivity contribution in [3.8, 4) is 0 Å². The van der Waals surface area contributed by atoms with Gasteiger partial charge in [0.1, 0.15) is 5.82 Å². The molecular formula is C12H19FN2O2. The van der Waals surface area contributed by atoms with Gasteiger partial charge in [0.25, 0.3) is 0 Å². The third kappa shape index (κ3) is 4.58. The van der Waals surface area contributed by atoms with Gasteiger partial charge in [-0.25, -0.2) is 4.39 Å². The van der Waals surface area contributed by atoms with Crippen molar-refractivity contribution in [3.05, 3.63) is 24.0 Å². The lowest BCUT2D eigenvalue weighted by Gasteiger charge is -2.24. The molecule has 4 nitrogen and oxygen atoms in total. The Morgan fingerprint density at radius 1 is 1.12 bits per heavy atom. The van der Waals surface area contributed by atoms with Crippen molar-refractivity contribution in [2.75, 3.05) is 51.2 Å². The van der Waals surface area contributed by atoms with E-state index in [1.54, 1.807) is 20.3 Å². The Morgan fingerprint density at radius 2 is 1.71 bits per heavy atom. The van der Waals surface area contributed by atoms with Gasteiger partial charge in [0.15, 0.2) is 0 Å². The van der Waals surface area contributed by atoms with Gasteiger partial charge in [-0.2, -0.15) is 0 Å². The molecule has 0 fully saturated rings. The molecule has 0 amide bonds. The molecule has 0 aromatic heterocycles. The third-order valence-corrected chi connectivity index (χ3v) is 2.40. The first kappa shape index (κ1) is 13.7. The van der Waals surface area contributed by atoms with E-state index in [1.807, 2.05) is 4.90 Å². The summed E-state index contributed by atoms with van der Waals surface area (Å²) in [6.45, 7) is 2.48. The van der Waals surface area contributed by atoms with E-state index in [0.717, 1.165) is 5.69 Å². The number of benzene rings is 1. The van der Waals surface area contributed by atoms with Crippen LogP contribution in [0.3, 0.4) is 0 Å². The van der Waals surface area contributed by atoms with Crippen LogP contribution >= 0.6 is 0 Å². The molecule has 0 spiro atoms. The number of nitrogens with zero attached hydrogens (tertiary/aromatic N) is 1. The van der Waals surface area contributed by atoms with E-state index in [9.17, 15) is 4.39 Å². The lowest BCUT2D eigenvalue weighted by Crippen LogP contribution is -2.30. The zero-order valence-corrected chi connectivity index (χ0v) is 10.3. The molecule has 1 aromatic rings. The molecule has 0 radical (unpaired) electrons. The largest absolute Gasteiger partial charge is 0.399 e. The Balaban J connectivity index is 2.78. The number of nitrogens with two attached hydrogens (primary N) is 1. The number of hydrogen-bond acceptors (Lipinski definition) is 4. The Morgan fingerprint density at radius 3 is 2.18 bits per heavy atom. The van der Waals surface area contributed by atoms with E-state index in [1.165, 1.54) is 12.1 Å². The highest BCUT2D eigenvalue weighted by Crippen LogP contribution is 2.19. The molecular weight excluding hydrogens is 223 g/mol. The van der Waals surface area contributed by atoms with Crippen LogP contribution in [-0.2, 0) is 9.47 Å². The van der Waals surface area contributed by atoms with E-state index in [2.05, 4.69) is 0 Å². The molecule has 2 N–H and O–H groups in total. The van der Waals surface area contributed by atoms with Crippen LogP contribution in [0.25, 0.3) is 0 Å². The minimum Gasteiger partial charge on any atom is -0.399 e. The van der Waals surface area contributed by atoms with Gasteiger partial charge < -0.3 is 20.1 Å². The fraction of sp³-hybridized carbons (Fsp3) is 0.500. The summed E-state index contributed by atoms with van der Waals surface area (Å²) >= 11 is 0. The van der Waals surface area contributed by atoms with Gasteiger partial charge in [-0.05, 0) is 18.2 Å². The first-order valence-electron chi connectivity index (χ1n) is 5.46. The second-order valence-corrected chi connectivity index (χ2v) is 3.72. The van der Waals surface area contributed by atoms with Crippen LogP contribution in [0.2, 0.25) is 0 Å². The van der Waals surface area contributed by atoms with Gasteiger partial charge in [0.05, 0.1) is 13.2 Å². The molecule has 0 saturated heterocycles. The van der Waals surface area contributed by atoms with Gasteiger partial charge in [-0.3, -0.25) is 0 Å². The molecule has 0 atom stereocenters. The SMILES string of the molecule is COCCN(CCOC)c1cc(N)cc(F)c1. The van der Waals surface area contributed by atoms with E-state index < -0.39 is 0 Å². The minimum absolute atomic E-state index is 0.333. The number of nitrogen functional groups attached to an aromatic ring is 1. The molecule has 0 aliphatic rings. The quantitative estimate of drug-likeness (QED) is 0.736. The minimum atomic E-state index is -0.333. The number of methoxy groups -OCH3 is 2. The van der Waals surface area contributed by atoms with Crippen LogP contribution in [0, 0.1) is 5.82 Å². The van der Waals surface area contributed by atoms with Gasteiger partial charge in [-0.15, -0.1) is 0 Å². The van der Waals surface area contributed by atoms with E-state index in [-0.39, 0.29) is 5.82 Å². The van der Waals surface area contributed by atoms with Crippen molar-refractivity contribution < 1.29 is 13.9 Å². The fourth-order valence-corrected chi connectivity index (χ4v) is 1.55. The summed E-state index contributed by atoms with van der Waals surface area (Å²) in [6.07, 6.45) is 0. The Kier molecular flexibility index (Phi) is 5.72. The maximum Gasteiger partial charge on any atom is 0.127 e. The highest BCUT2D eigenvalue weighted by Gasteiger charge is 2.08. The highest BCUT2D eigenvalue weighted by atomic mass is 19.1. The predicted octanol–water partition coefficient (Wildman–Crippen LogP) is 1.51. The van der Waals surface area contributed by atoms with E-state index in [0.29, 0.717) is 32.0 Å². The molecule has 0 bridgehead atoms. The average molecular weight is 242 g/mol. The molecule has 1 rings (SSSR count). The van der Waals surface area contributed by atoms with Crippen LogP contribution in [-0.4, -0.2) is 40.5 Å². The lowest BCUT2D eigenvalue weighted by molar-refractivity contribution is 0.190. The predicted molar refractivity (Wildman–Crippen MR) is 66.8 cm³/mol. The van der Waals surface area contributed by atoms with Crippen molar-refractivity contribution in [1.82, 2.24) is 0 Å². The number of ether oxygens (including phenoxy) is 2. The van der Waals surface area contributed by atoms with Crippen LogP contribution < -0.4 is 10.6 Å². The summed E-state index contributed by atoms with van der Waals surface area (Å²) in [5.74, 6) is -0.333. The molecule has 0 aliphatic carbocycles. The third-order valence-electron chi connectivity index (χ3n) is 2.40. The van der Waals surface area contributed by atoms with Crippen molar-refractivity contribution in [1.29, 1.82) is 0 Å². The maximum absolute atomic E-state index is 13.3. The van der Waals surface area contributed by atoms with Gasteiger partial charge in [0, 0.05) is 38.7 Å². The fourth-order valence-electron chi connectivity index (χ4n) is 1.55. The number of rotatable bonds is 7. The molecule has 1 aromatic carbocycles. The van der Waals surface area contributed by atoms with Crippen molar-refractivity contribution >= 4 is 11.4 Å². The average Bonchev–Trinajstić information content (AvgIpc) is 2.28. The van der Waals surface area contributed by atoms with Gasteiger partial charge in [-0.1, -0.05) is 0 Å². The second kappa shape index (κ2) is 7.09. The molecule has 17 heavy (non-hydrogen) atoms. The second-order valence-electron chi connectivity index (χ2n) is 3.72. The highest BCUT2D eigenvalue weighted by molar-refractivity contribution is 5.56.